The van der Waals surface area contributed by atoms with E-state index in [0.29, 0.717) is 18.9 Å². The molecule has 0 aliphatic heterocycles. The van der Waals surface area contributed by atoms with Crippen molar-refractivity contribution in [2.75, 3.05) is 6.61 Å². The van der Waals surface area contributed by atoms with E-state index in [9.17, 15) is 4.79 Å². The lowest BCUT2D eigenvalue weighted by Gasteiger charge is -2.11. The van der Waals surface area contributed by atoms with Crippen LogP contribution in [0.1, 0.15) is 65.7 Å². The number of rotatable bonds is 9. The Morgan fingerprint density at radius 1 is 1.13 bits per heavy atom. The Morgan fingerprint density at radius 3 is 2.40 bits per heavy atom. The van der Waals surface area contributed by atoms with Gasteiger partial charge in [-0.05, 0) is 18.8 Å². The SMILES string of the molecule is CCCCCC(=O)OCC(C)CCCC. The standard InChI is InChI=1S/C13H26O2/c1-4-6-8-10-13(14)15-11-12(3)9-7-5-2/h12H,4-11H2,1-3H3. The van der Waals surface area contributed by atoms with Gasteiger partial charge in [0.15, 0.2) is 0 Å². The van der Waals surface area contributed by atoms with E-state index >= 15 is 0 Å². The minimum Gasteiger partial charge on any atom is -0.465 e. The summed E-state index contributed by atoms with van der Waals surface area (Å²) >= 11 is 0. The first kappa shape index (κ1) is 14.5. The van der Waals surface area contributed by atoms with Crippen molar-refractivity contribution in [3.63, 3.8) is 0 Å². The average molecular weight is 214 g/mol. The molecule has 0 aliphatic carbocycles. The van der Waals surface area contributed by atoms with E-state index in [2.05, 4.69) is 20.8 Å². The van der Waals surface area contributed by atoms with Crippen LogP contribution in [0.25, 0.3) is 0 Å². The Balaban J connectivity index is 3.36. The molecule has 0 aromatic heterocycles. The zero-order valence-electron chi connectivity index (χ0n) is 10.6. The van der Waals surface area contributed by atoms with Gasteiger partial charge in [-0.2, -0.15) is 0 Å². The lowest BCUT2D eigenvalue weighted by molar-refractivity contribution is -0.145. The van der Waals surface area contributed by atoms with Gasteiger partial charge >= 0.3 is 5.97 Å². The molecule has 0 aromatic rings. The molecule has 2 heteroatoms. The molecule has 0 aromatic carbocycles. The van der Waals surface area contributed by atoms with Crippen molar-refractivity contribution in [2.45, 2.75) is 65.7 Å². The Bertz CT molecular complexity index is 155. The van der Waals surface area contributed by atoms with Crippen molar-refractivity contribution in [1.82, 2.24) is 0 Å². The second-order valence-electron chi connectivity index (χ2n) is 4.39. The third kappa shape index (κ3) is 9.77. The lowest BCUT2D eigenvalue weighted by Crippen LogP contribution is -2.11. The minimum absolute atomic E-state index is 0.0215. The summed E-state index contributed by atoms with van der Waals surface area (Å²) in [5.74, 6) is 0.492. The van der Waals surface area contributed by atoms with Crippen molar-refractivity contribution < 1.29 is 9.53 Å². The van der Waals surface area contributed by atoms with Gasteiger partial charge in [-0.25, -0.2) is 0 Å². The van der Waals surface area contributed by atoms with Crippen LogP contribution in [0.4, 0.5) is 0 Å². The van der Waals surface area contributed by atoms with Gasteiger partial charge in [-0.15, -0.1) is 0 Å². The van der Waals surface area contributed by atoms with Crippen molar-refractivity contribution in [3.8, 4) is 0 Å². The maximum absolute atomic E-state index is 11.3. The Kier molecular flexibility index (Phi) is 9.65. The van der Waals surface area contributed by atoms with E-state index < -0.39 is 0 Å². The van der Waals surface area contributed by atoms with Gasteiger partial charge < -0.3 is 4.74 Å². The van der Waals surface area contributed by atoms with E-state index in [1.54, 1.807) is 0 Å². The predicted molar refractivity (Wildman–Crippen MR) is 63.8 cm³/mol. The van der Waals surface area contributed by atoms with Gasteiger partial charge in [-0.1, -0.05) is 46.5 Å². The number of carbonyl (C=O) groups is 1. The van der Waals surface area contributed by atoms with Crippen LogP contribution in [-0.4, -0.2) is 12.6 Å². The molecule has 1 unspecified atom stereocenters. The minimum atomic E-state index is -0.0215. The highest BCUT2D eigenvalue weighted by molar-refractivity contribution is 5.69. The molecule has 0 spiro atoms. The first-order valence-corrected chi connectivity index (χ1v) is 6.36. The monoisotopic (exact) mass is 214 g/mol. The van der Waals surface area contributed by atoms with Crippen LogP contribution in [0, 0.1) is 5.92 Å². The van der Waals surface area contributed by atoms with Crippen LogP contribution in [0.5, 0.6) is 0 Å². The summed E-state index contributed by atoms with van der Waals surface area (Å²) in [4.78, 5) is 11.3. The van der Waals surface area contributed by atoms with E-state index in [1.165, 1.54) is 19.3 Å². The van der Waals surface area contributed by atoms with E-state index in [4.69, 9.17) is 4.74 Å². The lowest BCUT2D eigenvalue weighted by atomic mass is 10.1. The average Bonchev–Trinajstić information content (AvgIpc) is 2.24. The molecule has 90 valence electrons. The van der Waals surface area contributed by atoms with Gasteiger partial charge in [0.2, 0.25) is 0 Å². The fraction of sp³-hybridized carbons (Fsp3) is 0.923. The summed E-state index contributed by atoms with van der Waals surface area (Å²) < 4.78 is 5.21. The number of unbranched alkanes of at least 4 members (excludes halogenated alkanes) is 3. The first-order valence-electron chi connectivity index (χ1n) is 6.36. The van der Waals surface area contributed by atoms with Crippen molar-refractivity contribution in [1.29, 1.82) is 0 Å². The van der Waals surface area contributed by atoms with Crippen LogP contribution >= 0.6 is 0 Å². The summed E-state index contributed by atoms with van der Waals surface area (Å²) in [7, 11) is 0. The van der Waals surface area contributed by atoms with Crippen LogP contribution in [0.2, 0.25) is 0 Å². The van der Waals surface area contributed by atoms with Gasteiger partial charge in [0, 0.05) is 6.42 Å². The summed E-state index contributed by atoms with van der Waals surface area (Å²) in [5.41, 5.74) is 0. The molecule has 0 N–H and O–H groups in total. The topological polar surface area (TPSA) is 26.3 Å². The molecule has 0 bridgehead atoms. The van der Waals surface area contributed by atoms with Gasteiger partial charge in [0.05, 0.1) is 6.61 Å². The van der Waals surface area contributed by atoms with Gasteiger partial charge in [-0.3, -0.25) is 4.79 Å². The van der Waals surface area contributed by atoms with Gasteiger partial charge in [0.1, 0.15) is 0 Å². The molecule has 0 rings (SSSR count). The van der Waals surface area contributed by atoms with Crippen molar-refractivity contribution in [2.24, 2.45) is 5.92 Å². The highest BCUT2D eigenvalue weighted by Crippen LogP contribution is 2.09. The molecule has 0 fully saturated rings. The van der Waals surface area contributed by atoms with E-state index in [1.807, 2.05) is 0 Å². The Labute approximate surface area is 94.4 Å². The third-order valence-electron chi connectivity index (χ3n) is 2.56. The molecule has 15 heavy (non-hydrogen) atoms. The molecule has 0 amide bonds. The Hall–Kier alpha value is -0.530. The third-order valence-corrected chi connectivity index (χ3v) is 2.56. The summed E-state index contributed by atoms with van der Waals surface area (Å²) in [6.07, 6.45) is 7.45. The van der Waals surface area contributed by atoms with Crippen LogP contribution in [-0.2, 0) is 9.53 Å². The number of esters is 1. The molecular formula is C13H26O2. The highest BCUT2D eigenvalue weighted by Gasteiger charge is 2.06. The van der Waals surface area contributed by atoms with E-state index in [-0.39, 0.29) is 5.97 Å². The second-order valence-corrected chi connectivity index (χ2v) is 4.39. The molecule has 0 saturated heterocycles. The van der Waals surface area contributed by atoms with Crippen LogP contribution in [0.15, 0.2) is 0 Å². The highest BCUT2D eigenvalue weighted by atomic mass is 16.5. The van der Waals surface area contributed by atoms with Crippen LogP contribution in [0.3, 0.4) is 0 Å². The maximum Gasteiger partial charge on any atom is 0.305 e. The summed E-state index contributed by atoms with van der Waals surface area (Å²) in [6.45, 7) is 7.07. The van der Waals surface area contributed by atoms with Crippen LogP contribution < -0.4 is 0 Å². The fourth-order valence-corrected chi connectivity index (χ4v) is 1.46. The normalized spacial score (nSPS) is 12.5. The zero-order valence-corrected chi connectivity index (χ0v) is 10.6. The molecule has 1 atom stereocenters. The number of carbonyl (C=O) groups excluding carboxylic acids is 1. The number of ether oxygens (including phenoxy) is 1. The predicted octanol–water partition coefficient (Wildman–Crippen LogP) is 3.94. The van der Waals surface area contributed by atoms with Crippen molar-refractivity contribution in [3.05, 3.63) is 0 Å². The number of hydrogen-bond acceptors (Lipinski definition) is 2. The molecular weight excluding hydrogens is 188 g/mol. The second kappa shape index (κ2) is 10.0. The summed E-state index contributed by atoms with van der Waals surface area (Å²) in [5, 5.41) is 0. The molecule has 0 radical (unpaired) electrons. The molecule has 0 aliphatic rings. The quantitative estimate of drug-likeness (QED) is 0.429. The largest absolute Gasteiger partial charge is 0.465 e. The summed E-state index contributed by atoms with van der Waals surface area (Å²) in [6, 6.07) is 0. The van der Waals surface area contributed by atoms with Gasteiger partial charge in [0.25, 0.3) is 0 Å². The van der Waals surface area contributed by atoms with Crippen molar-refractivity contribution >= 4 is 5.97 Å². The smallest absolute Gasteiger partial charge is 0.305 e. The fourth-order valence-electron chi connectivity index (χ4n) is 1.46. The first-order chi connectivity index (χ1) is 7.20. The zero-order chi connectivity index (χ0) is 11.5. The van der Waals surface area contributed by atoms with E-state index in [0.717, 1.165) is 19.3 Å². The molecule has 0 heterocycles. The maximum atomic E-state index is 11.3. The Morgan fingerprint density at radius 2 is 1.80 bits per heavy atom. The molecule has 0 saturated carbocycles. The number of hydrogen-bond donors (Lipinski definition) is 0. The molecule has 2 nitrogen and oxygen atoms in total.